The highest BCUT2D eigenvalue weighted by atomic mass is 35.5. The standard InChI is InChI=1S/C8H11ClF3NO2/c1-2-3-4-5(6(9)14)13-7(15)8(10,11)12/h5H,2-4H2,1H3,(H,13,15). The molecule has 7 heteroatoms. The van der Waals surface area contributed by atoms with Gasteiger partial charge < -0.3 is 5.32 Å². The van der Waals surface area contributed by atoms with Gasteiger partial charge in [-0.25, -0.2) is 0 Å². The van der Waals surface area contributed by atoms with Crippen molar-refractivity contribution in [2.75, 3.05) is 0 Å². The molecule has 0 aromatic rings. The van der Waals surface area contributed by atoms with Crippen LogP contribution in [0.25, 0.3) is 0 Å². The molecule has 0 fully saturated rings. The third-order valence-electron chi connectivity index (χ3n) is 1.68. The average molecular weight is 246 g/mol. The molecule has 0 radical (unpaired) electrons. The van der Waals surface area contributed by atoms with Crippen LogP contribution in [0.3, 0.4) is 0 Å². The van der Waals surface area contributed by atoms with Gasteiger partial charge in [-0.15, -0.1) is 0 Å². The lowest BCUT2D eigenvalue weighted by Gasteiger charge is -2.15. The Kier molecular flexibility index (Phi) is 5.64. The summed E-state index contributed by atoms with van der Waals surface area (Å²) < 4.78 is 35.5. The third kappa shape index (κ3) is 5.61. The van der Waals surface area contributed by atoms with Crippen LogP contribution in [0.2, 0.25) is 0 Å². The first-order valence-electron chi connectivity index (χ1n) is 4.36. The average Bonchev–Trinajstić information content (AvgIpc) is 2.09. The van der Waals surface area contributed by atoms with Gasteiger partial charge in [0.1, 0.15) is 6.04 Å². The molecule has 0 heterocycles. The molecule has 0 saturated heterocycles. The lowest BCUT2D eigenvalue weighted by Crippen LogP contribution is -2.45. The molecular weight excluding hydrogens is 235 g/mol. The number of halogens is 4. The first-order valence-corrected chi connectivity index (χ1v) is 4.73. The van der Waals surface area contributed by atoms with E-state index in [0.29, 0.717) is 12.8 Å². The summed E-state index contributed by atoms with van der Waals surface area (Å²) >= 11 is 5.05. The second-order valence-electron chi connectivity index (χ2n) is 2.97. The third-order valence-corrected chi connectivity index (χ3v) is 1.95. The van der Waals surface area contributed by atoms with Crippen LogP contribution in [0.4, 0.5) is 13.2 Å². The van der Waals surface area contributed by atoms with E-state index in [1.807, 2.05) is 0 Å². The van der Waals surface area contributed by atoms with E-state index in [2.05, 4.69) is 0 Å². The number of nitrogens with one attached hydrogen (secondary N) is 1. The molecule has 0 bridgehead atoms. The Morgan fingerprint density at radius 3 is 2.27 bits per heavy atom. The molecule has 88 valence electrons. The number of alkyl halides is 3. The van der Waals surface area contributed by atoms with Gasteiger partial charge in [0, 0.05) is 0 Å². The Morgan fingerprint density at radius 2 is 1.93 bits per heavy atom. The summed E-state index contributed by atoms with van der Waals surface area (Å²) in [5.41, 5.74) is 0. The van der Waals surface area contributed by atoms with Crippen molar-refractivity contribution < 1.29 is 22.8 Å². The topological polar surface area (TPSA) is 46.2 Å². The highest BCUT2D eigenvalue weighted by molar-refractivity contribution is 6.64. The molecule has 3 nitrogen and oxygen atoms in total. The molecule has 1 amide bonds. The van der Waals surface area contributed by atoms with Crippen LogP contribution in [-0.2, 0) is 9.59 Å². The quantitative estimate of drug-likeness (QED) is 0.753. The van der Waals surface area contributed by atoms with Gasteiger partial charge >= 0.3 is 12.1 Å². The molecule has 0 aliphatic carbocycles. The molecule has 1 unspecified atom stereocenters. The van der Waals surface area contributed by atoms with Gasteiger partial charge in [-0.1, -0.05) is 19.8 Å². The molecule has 0 aromatic carbocycles. The van der Waals surface area contributed by atoms with Gasteiger partial charge in [0.2, 0.25) is 5.24 Å². The Bertz CT molecular complexity index is 243. The van der Waals surface area contributed by atoms with Gasteiger partial charge in [-0.2, -0.15) is 13.2 Å². The summed E-state index contributed by atoms with van der Waals surface area (Å²) in [6.07, 6.45) is -3.67. The maximum Gasteiger partial charge on any atom is 0.471 e. The van der Waals surface area contributed by atoms with Crippen LogP contribution in [0.15, 0.2) is 0 Å². The lowest BCUT2D eigenvalue weighted by atomic mass is 10.1. The van der Waals surface area contributed by atoms with Crippen molar-refractivity contribution in [3.8, 4) is 0 Å². The summed E-state index contributed by atoms with van der Waals surface area (Å²) in [4.78, 5) is 21.2. The van der Waals surface area contributed by atoms with Gasteiger partial charge in [-0.3, -0.25) is 9.59 Å². The van der Waals surface area contributed by atoms with Crippen LogP contribution in [0, 0.1) is 0 Å². The van der Waals surface area contributed by atoms with Crippen molar-refractivity contribution in [3.05, 3.63) is 0 Å². The van der Waals surface area contributed by atoms with Gasteiger partial charge in [-0.05, 0) is 18.0 Å². The van der Waals surface area contributed by atoms with Crippen molar-refractivity contribution in [1.82, 2.24) is 5.32 Å². The zero-order chi connectivity index (χ0) is 12.1. The van der Waals surface area contributed by atoms with Crippen molar-refractivity contribution >= 4 is 22.8 Å². The van der Waals surface area contributed by atoms with E-state index in [-0.39, 0.29) is 6.42 Å². The van der Waals surface area contributed by atoms with E-state index in [9.17, 15) is 22.8 Å². The Labute approximate surface area is 90.0 Å². The normalized spacial score (nSPS) is 13.4. The number of carbonyl (C=O) groups excluding carboxylic acids is 2. The van der Waals surface area contributed by atoms with Crippen LogP contribution in [0.5, 0.6) is 0 Å². The van der Waals surface area contributed by atoms with E-state index in [0.717, 1.165) is 0 Å². The largest absolute Gasteiger partial charge is 0.471 e. The van der Waals surface area contributed by atoms with Gasteiger partial charge in [0.15, 0.2) is 0 Å². The van der Waals surface area contributed by atoms with Crippen molar-refractivity contribution in [2.45, 2.75) is 38.4 Å². The summed E-state index contributed by atoms with van der Waals surface area (Å²) in [6, 6.07) is -1.26. The fourth-order valence-electron chi connectivity index (χ4n) is 0.891. The second kappa shape index (κ2) is 5.95. The van der Waals surface area contributed by atoms with Crippen LogP contribution < -0.4 is 5.32 Å². The monoisotopic (exact) mass is 245 g/mol. The predicted octanol–water partition coefficient (Wildman–Crippen LogP) is 1.99. The van der Waals surface area contributed by atoms with E-state index < -0.39 is 23.4 Å². The lowest BCUT2D eigenvalue weighted by molar-refractivity contribution is -0.174. The fourth-order valence-corrected chi connectivity index (χ4v) is 1.05. The number of hydrogen-bond donors (Lipinski definition) is 1. The number of hydrogen-bond acceptors (Lipinski definition) is 2. The zero-order valence-electron chi connectivity index (χ0n) is 8.03. The second-order valence-corrected chi connectivity index (χ2v) is 3.34. The highest BCUT2D eigenvalue weighted by Gasteiger charge is 2.40. The van der Waals surface area contributed by atoms with E-state index >= 15 is 0 Å². The van der Waals surface area contributed by atoms with E-state index in [1.54, 1.807) is 12.2 Å². The zero-order valence-corrected chi connectivity index (χ0v) is 8.78. The molecule has 1 atom stereocenters. The van der Waals surface area contributed by atoms with Crippen LogP contribution in [-0.4, -0.2) is 23.4 Å². The molecule has 0 aliphatic rings. The Morgan fingerprint density at radius 1 is 1.40 bits per heavy atom. The van der Waals surface area contributed by atoms with E-state index in [1.165, 1.54) is 0 Å². The Balaban J connectivity index is 4.29. The maximum absolute atomic E-state index is 11.8. The first-order chi connectivity index (χ1) is 6.79. The number of amides is 1. The Hall–Kier alpha value is -0.780. The summed E-state index contributed by atoms with van der Waals surface area (Å²) in [5.74, 6) is -2.14. The predicted molar refractivity (Wildman–Crippen MR) is 48.4 cm³/mol. The van der Waals surface area contributed by atoms with Crippen LogP contribution >= 0.6 is 11.6 Å². The number of rotatable bonds is 5. The minimum atomic E-state index is -4.99. The molecular formula is C8H11ClF3NO2. The molecule has 15 heavy (non-hydrogen) atoms. The molecule has 0 saturated carbocycles. The molecule has 0 aliphatic heterocycles. The molecule has 1 N–H and O–H groups in total. The molecule has 0 rings (SSSR count). The fraction of sp³-hybridized carbons (Fsp3) is 0.750. The van der Waals surface area contributed by atoms with E-state index in [4.69, 9.17) is 11.6 Å². The molecule has 0 aromatic heterocycles. The summed E-state index contributed by atoms with van der Waals surface area (Å²) in [5, 5.41) is 0.561. The highest BCUT2D eigenvalue weighted by Crippen LogP contribution is 2.15. The minimum Gasteiger partial charge on any atom is -0.337 e. The SMILES string of the molecule is CCCCC(NC(=O)C(F)(F)F)C(=O)Cl. The summed E-state index contributed by atoms with van der Waals surface area (Å²) in [6.45, 7) is 1.81. The first kappa shape index (κ1) is 14.2. The van der Waals surface area contributed by atoms with Gasteiger partial charge in [0.05, 0.1) is 0 Å². The smallest absolute Gasteiger partial charge is 0.337 e. The number of carbonyl (C=O) groups is 2. The van der Waals surface area contributed by atoms with Crippen LogP contribution in [0.1, 0.15) is 26.2 Å². The minimum absolute atomic E-state index is 0.112. The van der Waals surface area contributed by atoms with Gasteiger partial charge in [0.25, 0.3) is 0 Å². The van der Waals surface area contributed by atoms with Crippen molar-refractivity contribution in [2.24, 2.45) is 0 Å². The van der Waals surface area contributed by atoms with Crippen molar-refractivity contribution in [3.63, 3.8) is 0 Å². The maximum atomic E-state index is 11.8. The number of unbranched alkanes of at least 4 members (excludes halogenated alkanes) is 1. The molecule has 0 spiro atoms. The van der Waals surface area contributed by atoms with Crippen molar-refractivity contribution in [1.29, 1.82) is 0 Å². The summed E-state index contributed by atoms with van der Waals surface area (Å²) in [7, 11) is 0.